The number of hydrogen-bond acceptors (Lipinski definition) is 4. The van der Waals surface area contributed by atoms with Crippen molar-refractivity contribution in [3.8, 4) is 0 Å². The molecule has 0 aromatic heterocycles. The van der Waals surface area contributed by atoms with Gasteiger partial charge in [0.25, 0.3) is 0 Å². The lowest BCUT2D eigenvalue weighted by atomic mass is 10.3. The number of piperazine rings is 1. The Bertz CT molecular complexity index is 370. The fourth-order valence-electron chi connectivity index (χ4n) is 1.83. The molecule has 1 saturated heterocycles. The summed E-state index contributed by atoms with van der Waals surface area (Å²) in [6.45, 7) is 9.31. The summed E-state index contributed by atoms with van der Waals surface area (Å²) in [6, 6.07) is 0. The van der Waals surface area contributed by atoms with E-state index in [1.165, 1.54) is 6.08 Å². The van der Waals surface area contributed by atoms with E-state index in [0.717, 1.165) is 19.6 Å². The first-order valence-corrected chi connectivity index (χ1v) is 7.62. The second-order valence-electron chi connectivity index (χ2n) is 4.16. The average Bonchev–Trinajstić information content (AvgIpc) is 2.28. The molecule has 0 spiro atoms. The molecule has 5 nitrogen and oxygen atoms in total. The minimum atomic E-state index is -3.32. The van der Waals surface area contributed by atoms with Gasteiger partial charge in [0.2, 0.25) is 5.91 Å². The number of hydrogen-bond donors (Lipinski definition) is 0. The van der Waals surface area contributed by atoms with E-state index < -0.39 is 15.6 Å². The van der Waals surface area contributed by atoms with E-state index >= 15 is 0 Å². The van der Waals surface area contributed by atoms with Crippen LogP contribution in [-0.2, 0) is 14.6 Å². The van der Waals surface area contributed by atoms with Crippen molar-refractivity contribution < 1.29 is 13.2 Å². The van der Waals surface area contributed by atoms with Crippen LogP contribution < -0.4 is 0 Å². The molecule has 17 heavy (non-hydrogen) atoms. The Balaban J connectivity index is 2.47. The number of rotatable bonds is 5. The summed E-state index contributed by atoms with van der Waals surface area (Å²) >= 11 is 0. The largest absolute Gasteiger partial charge is 0.339 e. The molecule has 0 radical (unpaired) electrons. The molecule has 1 heterocycles. The summed E-state index contributed by atoms with van der Waals surface area (Å²) in [6.07, 6.45) is 1.32. The third-order valence-corrected chi connectivity index (χ3v) is 4.32. The van der Waals surface area contributed by atoms with Gasteiger partial charge in [-0.25, -0.2) is 8.42 Å². The lowest BCUT2D eigenvalue weighted by molar-refractivity contribution is -0.130. The predicted octanol–water partition coefficient (Wildman–Crippen LogP) is -0.249. The molecule has 0 aliphatic carbocycles. The molecule has 1 rings (SSSR count). The zero-order valence-electron chi connectivity index (χ0n) is 10.3. The maximum Gasteiger partial charge on any atom is 0.237 e. The second kappa shape index (κ2) is 6.16. The molecule has 1 aliphatic heterocycles. The Labute approximate surface area is 103 Å². The van der Waals surface area contributed by atoms with Crippen LogP contribution in [0, 0.1) is 0 Å². The van der Waals surface area contributed by atoms with Gasteiger partial charge in [-0.3, -0.25) is 4.79 Å². The highest BCUT2D eigenvalue weighted by Gasteiger charge is 2.24. The van der Waals surface area contributed by atoms with Crippen molar-refractivity contribution in [2.45, 2.75) is 6.92 Å². The van der Waals surface area contributed by atoms with Gasteiger partial charge in [0.15, 0.2) is 9.84 Å². The minimum Gasteiger partial charge on any atom is -0.339 e. The van der Waals surface area contributed by atoms with Crippen LogP contribution in [0.1, 0.15) is 6.92 Å². The Hall–Kier alpha value is -0.880. The van der Waals surface area contributed by atoms with Crippen molar-refractivity contribution in [1.29, 1.82) is 0 Å². The van der Waals surface area contributed by atoms with Gasteiger partial charge in [0.1, 0.15) is 5.75 Å². The third kappa shape index (κ3) is 4.47. The molecule has 98 valence electrons. The SMILES string of the molecule is C=CCS(=O)(=O)CC(=O)N1CCN(CC)CC1. The van der Waals surface area contributed by atoms with Gasteiger partial charge in [-0.1, -0.05) is 13.0 Å². The Morgan fingerprint density at radius 3 is 2.35 bits per heavy atom. The molecule has 6 heteroatoms. The number of carbonyl (C=O) groups is 1. The van der Waals surface area contributed by atoms with E-state index in [9.17, 15) is 13.2 Å². The first kappa shape index (κ1) is 14.2. The van der Waals surface area contributed by atoms with Gasteiger partial charge in [0.05, 0.1) is 5.75 Å². The van der Waals surface area contributed by atoms with E-state index in [-0.39, 0.29) is 11.7 Å². The highest BCUT2D eigenvalue weighted by molar-refractivity contribution is 7.92. The lowest BCUT2D eigenvalue weighted by Crippen LogP contribution is -2.50. The average molecular weight is 260 g/mol. The standard InChI is InChI=1S/C11H20N2O3S/c1-3-9-17(15,16)10-11(14)13-7-5-12(4-2)6-8-13/h3H,1,4-10H2,2H3. The van der Waals surface area contributed by atoms with Gasteiger partial charge >= 0.3 is 0 Å². The molecule has 0 atom stereocenters. The Morgan fingerprint density at radius 2 is 1.88 bits per heavy atom. The topological polar surface area (TPSA) is 57.7 Å². The zero-order valence-corrected chi connectivity index (χ0v) is 11.1. The monoisotopic (exact) mass is 260 g/mol. The van der Waals surface area contributed by atoms with Gasteiger partial charge in [-0.05, 0) is 6.54 Å². The summed E-state index contributed by atoms with van der Waals surface area (Å²) in [5.41, 5.74) is 0. The number of nitrogens with zero attached hydrogens (tertiary/aromatic N) is 2. The van der Waals surface area contributed by atoms with E-state index in [1.54, 1.807) is 4.90 Å². The van der Waals surface area contributed by atoms with Crippen LogP contribution in [0.3, 0.4) is 0 Å². The van der Waals surface area contributed by atoms with Gasteiger partial charge in [-0.2, -0.15) is 0 Å². The first-order chi connectivity index (χ1) is 7.98. The molecule has 1 fully saturated rings. The van der Waals surface area contributed by atoms with Gasteiger partial charge in [0, 0.05) is 26.2 Å². The lowest BCUT2D eigenvalue weighted by Gasteiger charge is -2.33. The second-order valence-corrected chi connectivity index (χ2v) is 6.27. The number of likely N-dealkylation sites (N-methyl/N-ethyl adjacent to an activating group) is 1. The van der Waals surface area contributed by atoms with Gasteiger partial charge in [-0.15, -0.1) is 6.58 Å². The molecule has 1 aliphatic rings. The van der Waals surface area contributed by atoms with Crippen molar-refractivity contribution in [2.75, 3.05) is 44.2 Å². The van der Waals surface area contributed by atoms with Crippen LogP contribution in [-0.4, -0.2) is 68.4 Å². The molecule has 0 unspecified atom stereocenters. The fourth-order valence-corrected chi connectivity index (χ4v) is 2.87. The number of carbonyl (C=O) groups excluding carboxylic acids is 1. The highest BCUT2D eigenvalue weighted by Crippen LogP contribution is 2.03. The minimum absolute atomic E-state index is 0.131. The molecular formula is C11H20N2O3S. The molecule has 0 aromatic carbocycles. The van der Waals surface area contributed by atoms with E-state index in [4.69, 9.17) is 0 Å². The van der Waals surface area contributed by atoms with Crippen molar-refractivity contribution in [3.05, 3.63) is 12.7 Å². The van der Waals surface area contributed by atoms with Crippen molar-refractivity contribution in [1.82, 2.24) is 9.80 Å². The molecular weight excluding hydrogens is 240 g/mol. The van der Waals surface area contributed by atoms with Crippen molar-refractivity contribution >= 4 is 15.7 Å². The number of amides is 1. The first-order valence-electron chi connectivity index (χ1n) is 5.80. The molecule has 0 N–H and O–H groups in total. The molecule has 0 bridgehead atoms. The summed E-state index contributed by atoms with van der Waals surface area (Å²) < 4.78 is 22.9. The van der Waals surface area contributed by atoms with Crippen LogP contribution in [0.2, 0.25) is 0 Å². The van der Waals surface area contributed by atoms with Gasteiger partial charge < -0.3 is 9.80 Å². The Morgan fingerprint density at radius 1 is 1.29 bits per heavy atom. The van der Waals surface area contributed by atoms with Crippen LogP contribution >= 0.6 is 0 Å². The zero-order chi connectivity index (χ0) is 12.9. The normalized spacial score (nSPS) is 18.1. The molecule has 0 aromatic rings. The quantitative estimate of drug-likeness (QED) is 0.640. The van der Waals surface area contributed by atoms with Crippen LogP contribution in [0.4, 0.5) is 0 Å². The summed E-state index contributed by atoms with van der Waals surface area (Å²) in [5.74, 6) is -0.818. The predicted molar refractivity (Wildman–Crippen MR) is 67.5 cm³/mol. The van der Waals surface area contributed by atoms with Crippen LogP contribution in [0.25, 0.3) is 0 Å². The summed E-state index contributed by atoms with van der Waals surface area (Å²) in [5, 5.41) is 0. The summed E-state index contributed by atoms with van der Waals surface area (Å²) in [7, 11) is -3.32. The number of sulfone groups is 1. The third-order valence-electron chi connectivity index (χ3n) is 2.89. The smallest absolute Gasteiger partial charge is 0.237 e. The van der Waals surface area contributed by atoms with E-state index in [0.29, 0.717) is 13.1 Å². The fraction of sp³-hybridized carbons (Fsp3) is 0.727. The molecule has 1 amide bonds. The van der Waals surface area contributed by atoms with Crippen molar-refractivity contribution in [3.63, 3.8) is 0 Å². The van der Waals surface area contributed by atoms with Crippen LogP contribution in [0.5, 0.6) is 0 Å². The molecule has 0 saturated carbocycles. The van der Waals surface area contributed by atoms with Crippen molar-refractivity contribution in [2.24, 2.45) is 0 Å². The van der Waals surface area contributed by atoms with E-state index in [2.05, 4.69) is 18.4 Å². The summed E-state index contributed by atoms with van der Waals surface area (Å²) in [4.78, 5) is 15.6. The maximum atomic E-state index is 11.8. The maximum absolute atomic E-state index is 11.8. The van der Waals surface area contributed by atoms with E-state index in [1.807, 2.05) is 0 Å². The van der Waals surface area contributed by atoms with Crippen LogP contribution in [0.15, 0.2) is 12.7 Å². The highest BCUT2D eigenvalue weighted by atomic mass is 32.2. The Kier molecular flexibility index (Phi) is 5.14.